The third-order valence-corrected chi connectivity index (χ3v) is 1.88. The number of anilines is 1. The molecule has 0 saturated heterocycles. The molecule has 2 nitrogen and oxygen atoms in total. The van der Waals surface area contributed by atoms with Crippen LogP contribution in [0.4, 0.5) is 14.5 Å². The minimum Gasteiger partial charge on any atom is -0.319 e. The lowest BCUT2D eigenvalue weighted by Gasteiger charge is -2.06. The minimum absolute atomic E-state index is 0.0376. The highest BCUT2D eigenvalue weighted by atomic mass is 35.5. The van der Waals surface area contributed by atoms with Crippen molar-refractivity contribution in [1.82, 2.24) is 0 Å². The topological polar surface area (TPSA) is 29.1 Å². The maximum atomic E-state index is 13.1. The second-order valence-electron chi connectivity index (χ2n) is 2.61. The summed E-state index contributed by atoms with van der Waals surface area (Å²) in [4.78, 5) is 11.0. The standard InChI is InChI=1S/C9H5Cl2F2NO/c1-4(10)9(15)14-7-3-5(11)2-6(12)8(7)13/h2-3H,1H2,(H,14,15). The van der Waals surface area contributed by atoms with Crippen molar-refractivity contribution in [3.63, 3.8) is 0 Å². The van der Waals surface area contributed by atoms with Gasteiger partial charge in [-0.25, -0.2) is 8.78 Å². The fourth-order valence-corrected chi connectivity index (χ4v) is 1.09. The highest BCUT2D eigenvalue weighted by Gasteiger charge is 2.13. The molecule has 0 fully saturated rings. The highest BCUT2D eigenvalue weighted by molar-refractivity contribution is 6.43. The first-order valence-corrected chi connectivity index (χ1v) is 4.47. The molecule has 0 aliphatic heterocycles. The van der Waals surface area contributed by atoms with E-state index in [4.69, 9.17) is 23.2 Å². The Morgan fingerprint density at radius 2 is 2.00 bits per heavy atom. The lowest BCUT2D eigenvalue weighted by Crippen LogP contribution is -2.12. The normalized spacial score (nSPS) is 9.87. The predicted molar refractivity (Wildman–Crippen MR) is 55.0 cm³/mol. The first kappa shape index (κ1) is 11.9. The number of amides is 1. The summed E-state index contributed by atoms with van der Waals surface area (Å²) in [5.74, 6) is -3.18. The number of hydrogen-bond donors (Lipinski definition) is 1. The van der Waals surface area contributed by atoms with Crippen LogP contribution in [-0.4, -0.2) is 5.91 Å². The summed E-state index contributed by atoms with van der Waals surface area (Å²) in [6.45, 7) is 3.13. The van der Waals surface area contributed by atoms with Crippen molar-refractivity contribution in [2.24, 2.45) is 0 Å². The summed E-state index contributed by atoms with van der Waals surface area (Å²) in [5, 5.41) is 1.65. The third kappa shape index (κ3) is 2.91. The zero-order chi connectivity index (χ0) is 11.6. The number of hydrogen-bond acceptors (Lipinski definition) is 1. The highest BCUT2D eigenvalue weighted by Crippen LogP contribution is 2.23. The van der Waals surface area contributed by atoms with Gasteiger partial charge in [0.05, 0.1) is 10.7 Å². The first-order chi connectivity index (χ1) is 6.91. The van der Waals surface area contributed by atoms with Crippen LogP contribution in [-0.2, 0) is 4.79 Å². The van der Waals surface area contributed by atoms with Gasteiger partial charge in [-0.15, -0.1) is 0 Å². The van der Waals surface area contributed by atoms with Gasteiger partial charge in [0, 0.05) is 5.02 Å². The molecule has 6 heteroatoms. The van der Waals surface area contributed by atoms with Gasteiger partial charge in [-0.3, -0.25) is 4.79 Å². The van der Waals surface area contributed by atoms with Crippen molar-refractivity contribution in [1.29, 1.82) is 0 Å². The Bertz CT molecular complexity index is 434. The average Bonchev–Trinajstić information content (AvgIpc) is 2.13. The van der Waals surface area contributed by atoms with E-state index in [1.165, 1.54) is 0 Å². The summed E-state index contributed by atoms with van der Waals surface area (Å²) in [7, 11) is 0. The van der Waals surface area contributed by atoms with Crippen LogP contribution in [0.5, 0.6) is 0 Å². The molecule has 1 amide bonds. The van der Waals surface area contributed by atoms with Crippen LogP contribution in [0.25, 0.3) is 0 Å². The van der Waals surface area contributed by atoms with Gasteiger partial charge in [-0.2, -0.15) is 0 Å². The van der Waals surface area contributed by atoms with Crippen molar-refractivity contribution in [2.75, 3.05) is 5.32 Å². The van der Waals surface area contributed by atoms with Crippen LogP contribution < -0.4 is 5.32 Å². The van der Waals surface area contributed by atoms with Crippen molar-refractivity contribution in [2.45, 2.75) is 0 Å². The Hall–Kier alpha value is -1.13. The summed E-state index contributed by atoms with van der Waals surface area (Å²) in [5.41, 5.74) is -0.383. The Kier molecular flexibility index (Phi) is 3.66. The maximum absolute atomic E-state index is 13.1. The number of nitrogens with one attached hydrogen (secondary N) is 1. The average molecular weight is 252 g/mol. The SMILES string of the molecule is C=C(Cl)C(=O)Nc1cc(Cl)cc(F)c1F. The minimum atomic E-state index is -1.20. The van der Waals surface area contributed by atoms with E-state index in [0.717, 1.165) is 12.1 Å². The molecule has 0 bridgehead atoms. The molecule has 0 heterocycles. The van der Waals surface area contributed by atoms with Gasteiger partial charge in [0.1, 0.15) is 0 Å². The number of rotatable bonds is 2. The summed E-state index contributed by atoms with van der Waals surface area (Å²) in [6, 6.07) is 1.86. The molecule has 0 unspecified atom stereocenters. The van der Waals surface area contributed by atoms with Gasteiger partial charge in [0.2, 0.25) is 0 Å². The summed E-state index contributed by atoms with van der Waals surface area (Å²) >= 11 is 10.7. The smallest absolute Gasteiger partial charge is 0.266 e. The van der Waals surface area contributed by atoms with E-state index in [2.05, 4.69) is 6.58 Å². The second kappa shape index (κ2) is 4.59. The van der Waals surface area contributed by atoms with Crippen LogP contribution in [0.3, 0.4) is 0 Å². The lowest BCUT2D eigenvalue weighted by molar-refractivity contribution is -0.112. The van der Waals surface area contributed by atoms with Gasteiger partial charge in [0.25, 0.3) is 5.91 Å². The van der Waals surface area contributed by atoms with E-state index in [9.17, 15) is 13.6 Å². The van der Waals surface area contributed by atoms with Crippen LogP contribution >= 0.6 is 23.2 Å². The molecule has 80 valence electrons. The molecule has 0 radical (unpaired) electrons. The summed E-state index contributed by atoms with van der Waals surface area (Å²) in [6.07, 6.45) is 0. The number of carbonyl (C=O) groups is 1. The fraction of sp³-hybridized carbons (Fsp3) is 0. The molecule has 0 aliphatic rings. The Morgan fingerprint density at radius 1 is 1.40 bits per heavy atom. The predicted octanol–water partition coefficient (Wildman–Crippen LogP) is 3.31. The van der Waals surface area contributed by atoms with Gasteiger partial charge in [-0.05, 0) is 12.1 Å². The van der Waals surface area contributed by atoms with Gasteiger partial charge < -0.3 is 5.32 Å². The molecule has 1 aromatic carbocycles. The van der Waals surface area contributed by atoms with Crippen molar-refractivity contribution in [3.8, 4) is 0 Å². The zero-order valence-electron chi connectivity index (χ0n) is 7.28. The van der Waals surface area contributed by atoms with E-state index in [1.807, 2.05) is 5.32 Å². The molecule has 1 rings (SSSR count). The van der Waals surface area contributed by atoms with Crippen LogP contribution in [0.1, 0.15) is 0 Å². The van der Waals surface area contributed by atoms with Crippen LogP contribution in [0, 0.1) is 11.6 Å². The quantitative estimate of drug-likeness (QED) is 0.634. The maximum Gasteiger partial charge on any atom is 0.266 e. The number of halogens is 4. The largest absolute Gasteiger partial charge is 0.319 e. The number of benzene rings is 1. The Labute approximate surface area is 94.5 Å². The van der Waals surface area contributed by atoms with E-state index >= 15 is 0 Å². The van der Waals surface area contributed by atoms with Gasteiger partial charge in [-0.1, -0.05) is 29.8 Å². The number of carbonyl (C=O) groups excluding carboxylic acids is 1. The van der Waals surface area contributed by atoms with E-state index in [0.29, 0.717) is 0 Å². The molecule has 1 aromatic rings. The van der Waals surface area contributed by atoms with Crippen molar-refractivity contribution < 1.29 is 13.6 Å². The molecule has 15 heavy (non-hydrogen) atoms. The molecular formula is C9H5Cl2F2NO. The molecule has 0 aliphatic carbocycles. The lowest BCUT2D eigenvalue weighted by atomic mass is 10.3. The molecule has 0 saturated carbocycles. The Balaban J connectivity index is 3.05. The monoisotopic (exact) mass is 251 g/mol. The first-order valence-electron chi connectivity index (χ1n) is 3.72. The van der Waals surface area contributed by atoms with Crippen LogP contribution in [0.15, 0.2) is 23.7 Å². The van der Waals surface area contributed by atoms with Gasteiger partial charge in [0.15, 0.2) is 11.6 Å². The zero-order valence-corrected chi connectivity index (χ0v) is 8.79. The van der Waals surface area contributed by atoms with E-state index in [1.54, 1.807) is 0 Å². The van der Waals surface area contributed by atoms with E-state index in [-0.39, 0.29) is 15.7 Å². The van der Waals surface area contributed by atoms with Crippen LogP contribution in [0.2, 0.25) is 5.02 Å². The molecule has 0 atom stereocenters. The van der Waals surface area contributed by atoms with Crippen molar-refractivity contribution >= 4 is 34.8 Å². The van der Waals surface area contributed by atoms with Gasteiger partial charge >= 0.3 is 0 Å². The molecule has 1 N–H and O–H groups in total. The Morgan fingerprint density at radius 3 is 2.53 bits per heavy atom. The molecular weight excluding hydrogens is 247 g/mol. The third-order valence-electron chi connectivity index (χ3n) is 1.49. The second-order valence-corrected chi connectivity index (χ2v) is 3.50. The summed E-state index contributed by atoms with van der Waals surface area (Å²) < 4.78 is 25.9. The molecule has 0 aromatic heterocycles. The van der Waals surface area contributed by atoms with E-state index < -0.39 is 17.5 Å². The van der Waals surface area contributed by atoms with Crippen molar-refractivity contribution in [3.05, 3.63) is 40.4 Å². The molecule has 0 spiro atoms. The fourth-order valence-electron chi connectivity index (χ4n) is 0.837.